The molecule has 0 aliphatic rings. The van der Waals surface area contributed by atoms with Crippen LogP contribution in [0.1, 0.15) is 39.0 Å². The second kappa shape index (κ2) is 8.46. The van der Waals surface area contributed by atoms with Gasteiger partial charge in [-0.2, -0.15) is 0 Å². The Morgan fingerprint density at radius 2 is 1.78 bits per heavy atom. The van der Waals surface area contributed by atoms with Gasteiger partial charge in [0.2, 0.25) is 5.91 Å². The molecule has 0 aromatic rings. The molecule has 0 heterocycles. The van der Waals surface area contributed by atoms with E-state index in [0.29, 0.717) is 6.42 Å². The minimum atomic E-state index is -1.02. The number of amides is 1. The van der Waals surface area contributed by atoms with Crippen molar-refractivity contribution >= 4 is 17.8 Å². The minimum Gasteiger partial charge on any atom is -0.481 e. The number of carboxylic acids is 2. The molecule has 0 aromatic heterocycles. The zero-order chi connectivity index (χ0) is 14.1. The molecule has 7 nitrogen and oxygen atoms in total. The highest BCUT2D eigenvalue weighted by atomic mass is 16.4. The largest absolute Gasteiger partial charge is 0.481 e. The van der Waals surface area contributed by atoms with Crippen LogP contribution in [0.2, 0.25) is 0 Å². The lowest BCUT2D eigenvalue weighted by Gasteiger charge is -2.18. The van der Waals surface area contributed by atoms with Gasteiger partial charge < -0.3 is 21.3 Å². The van der Waals surface area contributed by atoms with E-state index in [0.717, 1.165) is 6.42 Å². The number of aliphatic carboxylic acids is 2. The predicted molar refractivity (Wildman–Crippen MR) is 63.9 cm³/mol. The molecule has 104 valence electrons. The summed E-state index contributed by atoms with van der Waals surface area (Å²) in [6.07, 6.45) is 0.969. The summed E-state index contributed by atoms with van der Waals surface area (Å²) < 4.78 is 0. The van der Waals surface area contributed by atoms with Crippen molar-refractivity contribution in [2.75, 3.05) is 0 Å². The topological polar surface area (TPSA) is 130 Å². The maximum Gasteiger partial charge on any atom is 0.305 e. The van der Waals surface area contributed by atoms with E-state index < -0.39 is 29.9 Å². The number of carbonyl (C=O) groups excluding carboxylic acids is 1. The summed E-state index contributed by atoms with van der Waals surface area (Å²) in [4.78, 5) is 32.5. The Kier molecular flexibility index (Phi) is 7.69. The molecule has 0 aliphatic carbocycles. The van der Waals surface area contributed by atoms with Crippen LogP contribution in [0.3, 0.4) is 0 Å². The summed E-state index contributed by atoms with van der Waals surface area (Å²) >= 11 is 0. The Hall–Kier alpha value is -1.63. The zero-order valence-corrected chi connectivity index (χ0v) is 10.4. The highest BCUT2D eigenvalue weighted by Gasteiger charge is 2.20. The number of hydrogen-bond acceptors (Lipinski definition) is 4. The van der Waals surface area contributed by atoms with Gasteiger partial charge >= 0.3 is 11.9 Å². The summed E-state index contributed by atoms with van der Waals surface area (Å²) in [5.41, 5.74) is 5.52. The van der Waals surface area contributed by atoms with Crippen LogP contribution in [-0.4, -0.2) is 40.1 Å². The molecule has 0 saturated carbocycles. The van der Waals surface area contributed by atoms with E-state index in [1.807, 2.05) is 6.92 Å². The van der Waals surface area contributed by atoms with E-state index in [9.17, 15) is 14.4 Å². The van der Waals surface area contributed by atoms with Gasteiger partial charge in [0.25, 0.3) is 0 Å². The molecule has 0 fully saturated rings. The van der Waals surface area contributed by atoms with Gasteiger partial charge in [0, 0.05) is 12.5 Å². The summed E-state index contributed by atoms with van der Waals surface area (Å²) in [6.45, 7) is 1.88. The SMILES string of the molecule is CCCC(CC(=O)O)NC(=O)C(N)CCC(=O)O. The third-order valence-corrected chi connectivity index (χ3v) is 2.41. The molecular formula is C11H20N2O5. The van der Waals surface area contributed by atoms with E-state index >= 15 is 0 Å². The van der Waals surface area contributed by atoms with E-state index in [2.05, 4.69) is 5.32 Å². The molecule has 0 saturated heterocycles. The standard InChI is InChI=1S/C11H20N2O5/c1-2-3-7(6-10(16)17)13-11(18)8(12)4-5-9(14)15/h7-8H,2-6,12H2,1H3,(H,13,18)(H,14,15)(H,16,17). The van der Waals surface area contributed by atoms with E-state index in [1.54, 1.807) is 0 Å². The minimum absolute atomic E-state index is 0.0348. The predicted octanol–water partition coefficient (Wildman–Crippen LogP) is -0.0619. The van der Waals surface area contributed by atoms with Crippen molar-refractivity contribution in [3.05, 3.63) is 0 Å². The maximum atomic E-state index is 11.6. The summed E-state index contributed by atoms with van der Waals surface area (Å²) in [7, 11) is 0. The normalized spacial score (nSPS) is 13.7. The van der Waals surface area contributed by atoms with Crippen LogP contribution < -0.4 is 11.1 Å². The molecule has 0 aromatic carbocycles. The molecule has 2 unspecified atom stereocenters. The van der Waals surface area contributed by atoms with Crippen molar-refractivity contribution in [3.63, 3.8) is 0 Å². The first kappa shape index (κ1) is 16.4. The average Bonchev–Trinajstić information content (AvgIpc) is 2.25. The number of hydrogen-bond donors (Lipinski definition) is 4. The summed E-state index contributed by atoms with van der Waals surface area (Å²) in [6, 6.07) is -1.38. The van der Waals surface area contributed by atoms with Crippen LogP contribution in [-0.2, 0) is 14.4 Å². The van der Waals surface area contributed by atoms with Crippen LogP contribution in [0.5, 0.6) is 0 Å². The molecule has 0 aliphatic heterocycles. The molecule has 1 amide bonds. The quantitative estimate of drug-likeness (QED) is 0.459. The first-order chi connectivity index (χ1) is 8.36. The number of carboxylic acid groups (broad SMARTS) is 2. The van der Waals surface area contributed by atoms with Crippen molar-refractivity contribution < 1.29 is 24.6 Å². The number of rotatable bonds is 9. The molecule has 0 radical (unpaired) electrons. The average molecular weight is 260 g/mol. The fourth-order valence-electron chi connectivity index (χ4n) is 1.50. The third kappa shape index (κ3) is 7.61. The fourth-order valence-corrected chi connectivity index (χ4v) is 1.50. The molecule has 5 N–H and O–H groups in total. The Morgan fingerprint density at radius 3 is 2.22 bits per heavy atom. The van der Waals surface area contributed by atoms with Crippen molar-refractivity contribution in [2.24, 2.45) is 5.73 Å². The van der Waals surface area contributed by atoms with Crippen molar-refractivity contribution in [3.8, 4) is 0 Å². The zero-order valence-electron chi connectivity index (χ0n) is 10.4. The Balaban J connectivity index is 4.21. The van der Waals surface area contributed by atoms with Crippen molar-refractivity contribution in [2.45, 2.75) is 51.1 Å². The van der Waals surface area contributed by atoms with Gasteiger partial charge in [-0.05, 0) is 12.8 Å². The monoisotopic (exact) mass is 260 g/mol. The van der Waals surface area contributed by atoms with Gasteiger partial charge in [-0.15, -0.1) is 0 Å². The maximum absolute atomic E-state index is 11.6. The first-order valence-electron chi connectivity index (χ1n) is 5.86. The van der Waals surface area contributed by atoms with Gasteiger partial charge in [0.15, 0.2) is 0 Å². The summed E-state index contributed by atoms with van der Waals surface area (Å²) in [5.74, 6) is -2.52. The first-order valence-corrected chi connectivity index (χ1v) is 5.86. The van der Waals surface area contributed by atoms with Gasteiger partial charge in [-0.25, -0.2) is 0 Å². The number of nitrogens with two attached hydrogens (primary N) is 1. The van der Waals surface area contributed by atoms with E-state index in [-0.39, 0.29) is 19.3 Å². The van der Waals surface area contributed by atoms with Crippen LogP contribution in [0.15, 0.2) is 0 Å². The highest BCUT2D eigenvalue weighted by Crippen LogP contribution is 2.03. The molecule has 0 spiro atoms. The Labute approximate surface area is 105 Å². The van der Waals surface area contributed by atoms with Crippen LogP contribution in [0, 0.1) is 0 Å². The van der Waals surface area contributed by atoms with Crippen LogP contribution in [0.25, 0.3) is 0 Å². The lowest BCUT2D eigenvalue weighted by Crippen LogP contribution is -2.46. The Bertz CT molecular complexity index is 306. The second-order valence-electron chi connectivity index (χ2n) is 4.13. The second-order valence-corrected chi connectivity index (χ2v) is 4.13. The molecule has 0 rings (SSSR count). The number of nitrogens with one attached hydrogen (secondary N) is 1. The molecule has 18 heavy (non-hydrogen) atoms. The van der Waals surface area contributed by atoms with Gasteiger partial charge in [-0.1, -0.05) is 13.3 Å². The van der Waals surface area contributed by atoms with Gasteiger partial charge in [-0.3, -0.25) is 14.4 Å². The molecule has 2 atom stereocenters. The fraction of sp³-hybridized carbons (Fsp3) is 0.727. The smallest absolute Gasteiger partial charge is 0.305 e. The lowest BCUT2D eigenvalue weighted by atomic mass is 10.1. The van der Waals surface area contributed by atoms with Gasteiger partial charge in [0.05, 0.1) is 12.5 Å². The van der Waals surface area contributed by atoms with Crippen LogP contribution >= 0.6 is 0 Å². The van der Waals surface area contributed by atoms with Gasteiger partial charge in [0.1, 0.15) is 0 Å². The summed E-state index contributed by atoms with van der Waals surface area (Å²) in [5, 5.41) is 19.7. The molecular weight excluding hydrogens is 240 g/mol. The number of carbonyl (C=O) groups is 3. The lowest BCUT2D eigenvalue weighted by molar-refractivity contribution is -0.138. The van der Waals surface area contributed by atoms with Crippen molar-refractivity contribution in [1.82, 2.24) is 5.32 Å². The highest BCUT2D eigenvalue weighted by molar-refractivity contribution is 5.83. The van der Waals surface area contributed by atoms with E-state index in [1.165, 1.54) is 0 Å². The Morgan fingerprint density at radius 1 is 1.17 bits per heavy atom. The van der Waals surface area contributed by atoms with Crippen molar-refractivity contribution in [1.29, 1.82) is 0 Å². The molecule has 0 bridgehead atoms. The molecule has 7 heteroatoms. The van der Waals surface area contributed by atoms with Crippen LogP contribution in [0.4, 0.5) is 0 Å². The van der Waals surface area contributed by atoms with E-state index in [4.69, 9.17) is 15.9 Å². The third-order valence-electron chi connectivity index (χ3n) is 2.41.